The van der Waals surface area contributed by atoms with E-state index in [1.165, 1.54) is 4.90 Å². The van der Waals surface area contributed by atoms with Gasteiger partial charge in [0, 0.05) is 13.1 Å². The Morgan fingerprint density at radius 1 is 1.40 bits per heavy atom. The Balaban J connectivity index is 2.19. The van der Waals surface area contributed by atoms with Crippen LogP contribution in [0.5, 0.6) is 0 Å². The van der Waals surface area contributed by atoms with E-state index in [9.17, 15) is 27.5 Å². The first kappa shape index (κ1) is 14.6. The number of halogens is 4. The van der Waals surface area contributed by atoms with Crippen LogP contribution in [-0.4, -0.2) is 35.2 Å². The van der Waals surface area contributed by atoms with Crippen LogP contribution in [0.15, 0.2) is 18.2 Å². The summed E-state index contributed by atoms with van der Waals surface area (Å²) in [4.78, 5) is 13.0. The summed E-state index contributed by atoms with van der Waals surface area (Å²) in [5, 5.41) is 11.4. The minimum Gasteiger partial charge on any atom is -0.391 e. The summed E-state index contributed by atoms with van der Waals surface area (Å²) in [7, 11) is 0. The number of nitrogens with zero attached hydrogens (tertiary/aromatic N) is 1. The van der Waals surface area contributed by atoms with Crippen LogP contribution in [-0.2, 0) is 6.18 Å². The van der Waals surface area contributed by atoms with Crippen molar-refractivity contribution in [1.82, 2.24) is 4.90 Å². The Kier molecular flexibility index (Phi) is 3.85. The summed E-state index contributed by atoms with van der Waals surface area (Å²) >= 11 is 0. The minimum atomic E-state index is -4.77. The van der Waals surface area contributed by atoms with Gasteiger partial charge in [-0.2, -0.15) is 13.2 Å². The number of nitrogens with one attached hydrogen (secondary N) is 1. The zero-order valence-corrected chi connectivity index (χ0v) is 10.2. The predicted octanol–water partition coefficient (Wildman–Crippen LogP) is 2.44. The summed E-state index contributed by atoms with van der Waals surface area (Å²) < 4.78 is 51.2. The van der Waals surface area contributed by atoms with Crippen molar-refractivity contribution >= 4 is 11.7 Å². The third-order valence-electron chi connectivity index (χ3n) is 2.98. The van der Waals surface area contributed by atoms with Crippen molar-refractivity contribution in [1.29, 1.82) is 0 Å². The standard InChI is InChI=1S/C12H12F4N2O2/c13-7-1-2-10(9(5-7)12(14,15)16)17-11(20)18-4-3-8(19)6-18/h1-2,5,8,19H,3-4,6H2,(H,17,20)/t8-/m0/s1. The van der Waals surface area contributed by atoms with Gasteiger partial charge in [-0.25, -0.2) is 9.18 Å². The first-order valence-electron chi connectivity index (χ1n) is 5.88. The number of carbonyl (C=O) groups excluding carboxylic acids is 1. The highest BCUT2D eigenvalue weighted by molar-refractivity contribution is 5.90. The third-order valence-corrected chi connectivity index (χ3v) is 2.98. The lowest BCUT2D eigenvalue weighted by Gasteiger charge is -2.19. The largest absolute Gasteiger partial charge is 0.418 e. The van der Waals surface area contributed by atoms with E-state index in [4.69, 9.17) is 0 Å². The number of hydrogen-bond acceptors (Lipinski definition) is 2. The van der Waals surface area contributed by atoms with Crippen molar-refractivity contribution in [3.63, 3.8) is 0 Å². The molecule has 0 aliphatic carbocycles. The number of rotatable bonds is 1. The molecule has 0 saturated carbocycles. The Hall–Kier alpha value is -1.83. The monoisotopic (exact) mass is 292 g/mol. The smallest absolute Gasteiger partial charge is 0.391 e. The molecule has 0 unspecified atom stereocenters. The Labute approximate surface area is 112 Å². The minimum absolute atomic E-state index is 0.0639. The number of hydrogen-bond donors (Lipinski definition) is 2. The number of benzene rings is 1. The average Bonchev–Trinajstić information content (AvgIpc) is 2.77. The highest BCUT2D eigenvalue weighted by Crippen LogP contribution is 2.35. The van der Waals surface area contributed by atoms with Gasteiger partial charge in [-0.05, 0) is 24.6 Å². The fraction of sp³-hybridized carbons (Fsp3) is 0.417. The average molecular weight is 292 g/mol. The molecule has 2 rings (SSSR count). The van der Waals surface area contributed by atoms with Gasteiger partial charge in [0.15, 0.2) is 0 Å². The molecule has 1 aliphatic rings. The highest BCUT2D eigenvalue weighted by atomic mass is 19.4. The number of urea groups is 1. The molecular formula is C12H12F4N2O2. The molecule has 8 heteroatoms. The maximum atomic E-state index is 12.9. The van der Waals surface area contributed by atoms with Crippen molar-refractivity contribution in [2.45, 2.75) is 18.7 Å². The Morgan fingerprint density at radius 3 is 2.65 bits per heavy atom. The lowest BCUT2D eigenvalue weighted by Crippen LogP contribution is -2.34. The van der Waals surface area contributed by atoms with Gasteiger partial charge in [0.2, 0.25) is 0 Å². The van der Waals surface area contributed by atoms with Gasteiger partial charge in [0.05, 0.1) is 17.4 Å². The van der Waals surface area contributed by atoms with Crippen molar-refractivity contribution in [2.75, 3.05) is 18.4 Å². The molecule has 1 atom stereocenters. The molecule has 20 heavy (non-hydrogen) atoms. The van der Waals surface area contributed by atoms with E-state index >= 15 is 0 Å². The highest BCUT2D eigenvalue weighted by Gasteiger charge is 2.35. The van der Waals surface area contributed by atoms with Crippen LogP contribution in [0.3, 0.4) is 0 Å². The summed E-state index contributed by atoms with van der Waals surface area (Å²) in [5.74, 6) is -1.04. The molecule has 1 aliphatic heterocycles. The molecule has 1 fully saturated rings. The molecular weight excluding hydrogens is 280 g/mol. The van der Waals surface area contributed by atoms with Crippen molar-refractivity contribution in [3.05, 3.63) is 29.6 Å². The summed E-state index contributed by atoms with van der Waals surface area (Å²) in [5.41, 5.74) is -1.75. The molecule has 1 saturated heterocycles. The lowest BCUT2D eigenvalue weighted by molar-refractivity contribution is -0.137. The molecule has 4 nitrogen and oxygen atoms in total. The lowest BCUT2D eigenvalue weighted by atomic mass is 10.1. The fourth-order valence-electron chi connectivity index (χ4n) is 1.98. The number of likely N-dealkylation sites (tertiary alicyclic amines) is 1. The number of carbonyl (C=O) groups is 1. The van der Waals surface area contributed by atoms with Crippen LogP contribution in [0.25, 0.3) is 0 Å². The third kappa shape index (κ3) is 3.19. The van der Waals surface area contributed by atoms with Gasteiger partial charge in [-0.3, -0.25) is 0 Å². The van der Waals surface area contributed by atoms with Gasteiger partial charge in [0.1, 0.15) is 5.82 Å². The first-order valence-corrected chi connectivity index (χ1v) is 5.88. The van der Waals surface area contributed by atoms with E-state index in [1.807, 2.05) is 0 Å². The van der Waals surface area contributed by atoms with E-state index in [-0.39, 0.29) is 13.1 Å². The van der Waals surface area contributed by atoms with E-state index in [1.54, 1.807) is 0 Å². The molecule has 1 aromatic rings. The van der Waals surface area contributed by atoms with E-state index in [0.717, 1.165) is 12.1 Å². The zero-order valence-electron chi connectivity index (χ0n) is 10.2. The second-order valence-corrected chi connectivity index (χ2v) is 4.51. The first-order chi connectivity index (χ1) is 9.27. The molecule has 0 radical (unpaired) electrons. The quantitative estimate of drug-likeness (QED) is 0.781. The van der Waals surface area contributed by atoms with Crippen LogP contribution in [0.2, 0.25) is 0 Å². The second kappa shape index (κ2) is 5.28. The summed E-state index contributed by atoms with van der Waals surface area (Å²) in [6.07, 6.45) is -5.06. The van der Waals surface area contributed by atoms with Crippen molar-refractivity contribution in [3.8, 4) is 0 Å². The molecule has 2 amide bonds. The number of aliphatic hydroxyl groups excluding tert-OH is 1. The van der Waals surface area contributed by atoms with Gasteiger partial charge < -0.3 is 15.3 Å². The van der Waals surface area contributed by atoms with Crippen LogP contribution in [0.1, 0.15) is 12.0 Å². The van der Waals surface area contributed by atoms with Gasteiger partial charge in [-0.15, -0.1) is 0 Å². The van der Waals surface area contributed by atoms with Crippen LogP contribution in [0.4, 0.5) is 28.0 Å². The van der Waals surface area contributed by atoms with Crippen molar-refractivity contribution < 1.29 is 27.5 Å². The summed E-state index contributed by atoms with van der Waals surface area (Å²) in [6, 6.07) is 1.28. The molecule has 110 valence electrons. The van der Waals surface area contributed by atoms with Gasteiger partial charge in [-0.1, -0.05) is 0 Å². The molecule has 2 N–H and O–H groups in total. The number of alkyl halides is 3. The Morgan fingerprint density at radius 2 is 2.10 bits per heavy atom. The van der Waals surface area contributed by atoms with Gasteiger partial charge in [0.25, 0.3) is 0 Å². The number of anilines is 1. The van der Waals surface area contributed by atoms with E-state index in [0.29, 0.717) is 12.5 Å². The summed E-state index contributed by atoms with van der Waals surface area (Å²) in [6.45, 7) is 0.323. The fourth-order valence-corrected chi connectivity index (χ4v) is 1.98. The number of β-amino-alcohol motifs (C(OH)–C–C–N with tert-alkyl or cyclic N) is 1. The van der Waals surface area contributed by atoms with Crippen LogP contribution >= 0.6 is 0 Å². The molecule has 1 aromatic carbocycles. The Bertz CT molecular complexity index is 519. The topological polar surface area (TPSA) is 52.6 Å². The second-order valence-electron chi connectivity index (χ2n) is 4.51. The van der Waals surface area contributed by atoms with Crippen LogP contribution in [0, 0.1) is 5.82 Å². The zero-order chi connectivity index (χ0) is 14.9. The number of aliphatic hydroxyl groups is 1. The van der Waals surface area contributed by atoms with E-state index < -0.39 is 35.4 Å². The van der Waals surface area contributed by atoms with Crippen molar-refractivity contribution in [2.24, 2.45) is 0 Å². The molecule has 1 heterocycles. The maximum Gasteiger partial charge on any atom is 0.418 e. The SMILES string of the molecule is O=C(Nc1ccc(F)cc1C(F)(F)F)N1CC[C@H](O)C1. The van der Waals surface area contributed by atoms with E-state index in [2.05, 4.69) is 5.32 Å². The maximum absolute atomic E-state index is 12.9. The molecule has 0 aromatic heterocycles. The molecule has 0 spiro atoms. The predicted molar refractivity (Wildman–Crippen MR) is 62.6 cm³/mol. The normalized spacial score (nSPS) is 19.2. The number of amides is 2. The van der Waals surface area contributed by atoms with Crippen LogP contribution < -0.4 is 5.32 Å². The van der Waals surface area contributed by atoms with Gasteiger partial charge >= 0.3 is 12.2 Å². The molecule has 0 bridgehead atoms.